The third-order valence-electron chi connectivity index (χ3n) is 6.13. The highest BCUT2D eigenvalue weighted by molar-refractivity contribution is 7.64. The standard InChI is InChI=1S/C19H28N6O12P2/c26-12(27)5-6-38(31,32)37-39(33,34)35-7-11-14(28)15(29)18(36-11)25-9-22-13-16(20-8-21-17(13)25)24-19(30)23-10-3-1-2-4-10/h8-11,14-15,18,28-29H,1-7H2,(H,26,27)(H,31,32)(H,33,34)(H2,20,21,23,24,30)/t11-,14?,15+,18-/m1/s1. The van der Waals surface area contributed by atoms with Crippen LogP contribution in [0.2, 0.25) is 0 Å². The van der Waals surface area contributed by atoms with Crippen molar-refractivity contribution in [3.05, 3.63) is 12.7 Å². The Bertz CT molecular complexity index is 1300. The van der Waals surface area contributed by atoms with Crippen molar-refractivity contribution in [3.63, 3.8) is 0 Å². The molecule has 2 amide bonds. The molecule has 7 N–H and O–H groups in total. The van der Waals surface area contributed by atoms with Crippen LogP contribution in [-0.4, -0.2) is 93.7 Å². The molecule has 1 aliphatic heterocycles. The number of carbonyl (C=O) groups is 2. The summed E-state index contributed by atoms with van der Waals surface area (Å²) in [5.74, 6) is -1.33. The lowest BCUT2D eigenvalue weighted by Crippen LogP contribution is -2.36. The van der Waals surface area contributed by atoms with E-state index < -0.39 is 71.1 Å². The van der Waals surface area contributed by atoms with E-state index in [9.17, 15) is 38.7 Å². The van der Waals surface area contributed by atoms with E-state index in [4.69, 9.17) is 9.84 Å². The number of aromatic nitrogens is 4. The first kappa shape index (κ1) is 29.5. The number of hydrogen-bond donors (Lipinski definition) is 7. The van der Waals surface area contributed by atoms with Crippen LogP contribution < -0.4 is 10.6 Å². The molecular weight excluding hydrogens is 566 g/mol. The van der Waals surface area contributed by atoms with Crippen LogP contribution in [0.5, 0.6) is 0 Å². The minimum absolute atomic E-state index is 0.0660. The van der Waals surface area contributed by atoms with Gasteiger partial charge in [0.05, 0.1) is 25.5 Å². The van der Waals surface area contributed by atoms with Crippen LogP contribution in [0.1, 0.15) is 38.3 Å². The number of ether oxygens (including phenoxy) is 1. The van der Waals surface area contributed by atoms with E-state index in [2.05, 4.69) is 34.4 Å². The molecule has 2 fully saturated rings. The van der Waals surface area contributed by atoms with Crippen molar-refractivity contribution in [1.29, 1.82) is 0 Å². The molecule has 1 saturated carbocycles. The minimum Gasteiger partial charge on any atom is -0.481 e. The number of anilines is 1. The molecule has 2 aromatic heterocycles. The van der Waals surface area contributed by atoms with Gasteiger partial charge in [-0.05, 0) is 12.8 Å². The molecule has 18 nitrogen and oxygen atoms in total. The Morgan fingerprint density at radius 1 is 1.13 bits per heavy atom. The van der Waals surface area contributed by atoms with Gasteiger partial charge in [-0.15, -0.1) is 0 Å². The first-order valence-corrected chi connectivity index (χ1v) is 15.1. The summed E-state index contributed by atoms with van der Waals surface area (Å²) in [7, 11) is -9.98. The van der Waals surface area contributed by atoms with Crippen molar-refractivity contribution in [2.24, 2.45) is 0 Å². The molecule has 0 spiro atoms. The molecule has 1 aliphatic carbocycles. The SMILES string of the molecule is O=C(O)CCP(=O)(O)OP(=O)(O)OC[C@H]1O[C@@H](n2cnc3c(NC(=O)NC4CCCC4)ncnc32)[C@@H](O)C1O. The highest BCUT2D eigenvalue weighted by Crippen LogP contribution is 2.60. The van der Waals surface area contributed by atoms with Crippen LogP contribution in [0.25, 0.3) is 11.2 Å². The molecule has 216 valence electrons. The number of rotatable bonds is 11. The van der Waals surface area contributed by atoms with Gasteiger partial charge in [0.2, 0.25) is 0 Å². The number of phosphoric acid groups is 1. The second-order valence-corrected chi connectivity index (χ2v) is 12.6. The third-order valence-corrected chi connectivity index (χ3v) is 9.24. The van der Waals surface area contributed by atoms with E-state index in [1.807, 2.05) is 0 Å². The van der Waals surface area contributed by atoms with Crippen molar-refractivity contribution < 1.29 is 57.4 Å². The van der Waals surface area contributed by atoms with Crippen LogP contribution in [0.3, 0.4) is 0 Å². The first-order chi connectivity index (χ1) is 18.3. The van der Waals surface area contributed by atoms with E-state index in [-0.39, 0.29) is 23.0 Å². The number of urea groups is 1. The lowest BCUT2D eigenvalue weighted by Gasteiger charge is -2.19. The summed E-state index contributed by atoms with van der Waals surface area (Å²) in [6.07, 6.45) is -1.45. The Hall–Kier alpha value is -2.53. The van der Waals surface area contributed by atoms with Crippen molar-refractivity contribution in [1.82, 2.24) is 24.8 Å². The van der Waals surface area contributed by atoms with Crippen molar-refractivity contribution in [2.45, 2.75) is 62.7 Å². The summed E-state index contributed by atoms with van der Waals surface area (Å²) in [6, 6.07) is -0.400. The van der Waals surface area contributed by atoms with Crippen LogP contribution in [0, 0.1) is 0 Å². The van der Waals surface area contributed by atoms with E-state index in [1.54, 1.807) is 0 Å². The second kappa shape index (κ2) is 11.9. The summed E-state index contributed by atoms with van der Waals surface area (Å²) < 4.78 is 39.7. The minimum atomic E-state index is -5.19. The van der Waals surface area contributed by atoms with Gasteiger partial charge in [0.1, 0.15) is 24.6 Å². The van der Waals surface area contributed by atoms with Crippen molar-refractivity contribution in [2.75, 3.05) is 18.1 Å². The molecule has 0 radical (unpaired) electrons. The van der Waals surface area contributed by atoms with Gasteiger partial charge in [0.15, 0.2) is 23.2 Å². The number of nitrogens with zero attached hydrogens (tertiary/aromatic N) is 4. The van der Waals surface area contributed by atoms with Crippen LogP contribution >= 0.6 is 15.4 Å². The lowest BCUT2D eigenvalue weighted by molar-refractivity contribution is -0.136. The topological polar surface area (TPSA) is 265 Å². The number of amides is 2. The van der Waals surface area contributed by atoms with Crippen molar-refractivity contribution >= 4 is 44.4 Å². The fraction of sp³-hybridized carbons (Fsp3) is 0.632. The van der Waals surface area contributed by atoms with Gasteiger partial charge in [-0.1, -0.05) is 12.8 Å². The maximum Gasteiger partial charge on any atom is 0.479 e. The van der Waals surface area contributed by atoms with Gasteiger partial charge < -0.3 is 35.2 Å². The second-order valence-electron chi connectivity index (χ2n) is 9.02. The molecular formula is C19H28N6O12P2. The molecule has 3 heterocycles. The number of phosphoric ester groups is 1. The van der Waals surface area contributed by atoms with Gasteiger partial charge >= 0.3 is 27.4 Å². The number of carbonyl (C=O) groups excluding carboxylic acids is 1. The van der Waals surface area contributed by atoms with Gasteiger partial charge in [-0.3, -0.25) is 23.8 Å². The van der Waals surface area contributed by atoms with Crippen LogP contribution in [0.4, 0.5) is 10.6 Å². The Kier molecular flexibility index (Phi) is 9.00. The van der Waals surface area contributed by atoms with Gasteiger partial charge in [0.25, 0.3) is 0 Å². The molecule has 4 rings (SSSR count). The van der Waals surface area contributed by atoms with Crippen LogP contribution in [0.15, 0.2) is 12.7 Å². The summed E-state index contributed by atoms with van der Waals surface area (Å²) in [4.78, 5) is 54.6. The summed E-state index contributed by atoms with van der Waals surface area (Å²) in [6.45, 7) is -0.850. The average Bonchev–Trinajstić information content (AvgIpc) is 3.57. The normalized spacial score (nSPS) is 26.8. The summed E-state index contributed by atoms with van der Waals surface area (Å²) >= 11 is 0. The zero-order valence-corrected chi connectivity index (χ0v) is 22.1. The molecule has 6 atom stereocenters. The number of aliphatic hydroxyl groups excluding tert-OH is 2. The Labute approximate surface area is 220 Å². The molecule has 39 heavy (non-hydrogen) atoms. The Balaban J connectivity index is 1.41. The zero-order chi connectivity index (χ0) is 28.4. The molecule has 0 bridgehead atoms. The maximum absolute atomic E-state index is 12.4. The van der Waals surface area contributed by atoms with E-state index in [0.717, 1.165) is 32.0 Å². The largest absolute Gasteiger partial charge is 0.481 e. The van der Waals surface area contributed by atoms with E-state index >= 15 is 0 Å². The number of aliphatic hydroxyl groups is 2. The smallest absolute Gasteiger partial charge is 0.479 e. The predicted molar refractivity (Wildman–Crippen MR) is 129 cm³/mol. The highest BCUT2D eigenvalue weighted by atomic mass is 31.3. The first-order valence-electron chi connectivity index (χ1n) is 11.8. The number of aliphatic carboxylic acids is 1. The van der Waals surface area contributed by atoms with Crippen LogP contribution in [-0.2, 0) is 27.5 Å². The number of hydrogen-bond acceptors (Lipinski definition) is 12. The number of imidazole rings is 1. The third kappa shape index (κ3) is 7.36. The highest BCUT2D eigenvalue weighted by Gasteiger charge is 2.46. The summed E-state index contributed by atoms with van der Waals surface area (Å²) in [5, 5.41) is 35.0. The number of nitrogens with one attached hydrogen (secondary N) is 2. The molecule has 1 saturated heterocycles. The monoisotopic (exact) mass is 594 g/mol. The zero-order valence-electron chi connectivity index (χ0n) is 20.3. The summed E-state index contributed by atoms with van der Waals surface area (Å²) in [5.41, 5.74) is 0.298. The van der Waals surface area contributed by atoms with Gasteiger partial charge in [-0.25, -0.2) is 28.6 Å². The molecule has 2 aliphatic rings. The Morgan fingerprint density at radius 3 is 2.54 bits per heavy atom. The lowest BCUT2D eigenvalue weighted by atomic mass is 10.1. The molecule has 3 unspecified atom stereocenters. The molecule has 0 aromatic carbocycles. The molecule has 20 heteroatoms. The van der Waals surface area contributed by atoms with E-state index in [1.165, 1.54) is 10.9 Å². The number of carboxylic acid groups (broad SMARTS) is 1. The number of fused-ring (bicyclic) bond motifs is 1. The van der Waals surface area contributed by atoms with Crippen molar-refractivity contribution in [3.8, 4) is 0 Å². The fourth-order valence-electron chi connectivity index (χ4n) is 4.26. The van der Waals surface area contributed by atoms with E-state index in [0.29, 0.717) is 0 Å². The fourth-order valence-corrected chi connectivity index (χ4v) is 6.87. The molecule has 2 aromatic rings. The van der Waals surface area contributed by atoms with Gasteiger partial charge in [0, 0.05) is 6.04 Å². The Morgan fingerprint density at radius 2 is 1.85 bits per heavy atom. The number of carboxylic acids is 1. The average molecular weight is 594 g/mol. The quantitative estimate of drug-likeness (QED) is 0.173. The van der Waals surface area contributed by atoms with Gasteiger partial charge in [-0.2, -0.15) is 0 Å². The maximum atomic E-state index is 12.4. The predicted octanol–water partition coefficient (Wildman–Crippen LogP) is 0.303.